The lowest BCUT2D eigenvalue weighted by Crippen LogP contribution is -2.26. The summed E-state index contributed by atoms with van der Waals surface area (Å²) in [6, 6.07) is 22.3. The zero-order valence-corrected chi connectivity index (χ0v) is 20.6. The van der Waals surface area contributed by atoms with Gasteiger partial charge in [0.2, 0.25) is 10.0 Å². The minimum atomic E-state index is -3.60. The fourth-order valence-electron chi connectivity index (χ4n) is 3.93. The molecule has 0 aliphatic heterocycles. The SMILES string of the molecule is Bc1cnn2c(NCCCNS(=O)(=O)c3ccc4ccccc4c3)cc(-c3ccccc3Cl)nc12. The van der Waals surface area contributed by atoms with Crippen molar-refractivity contribution in [3.05, 3.63) is 84.0 Å². The van der Waals surface area contributed by atoms with Gasteiger partial charge in [0.25, 0.3) is 0 Å². The van der Waals surface area contributed by atoms with E-state index in [4.69, 9.17) is 16.6 Å². The molecule has 0 amide bonds. The van der Waals surface area contributed by atoms with Crippen molar-refractivity contribution in [2.45, 2.75) is 11.3 Å². The first kappa shape index (κ1) is 23.4. The molecule has 0 unspecified atom stereocenters. The van der Waals surface area contributed by atoms with E-state index in [0.717, 1.165) is 39.0 Å². The molecule has 0 spiro atoms. The number of halogens is 1. The number of aromatic nitrogens is 3. The second-order valence-electron chi connectivity index (χ2n) is 8.26. The van der Waals surface area contributed by atoms with Crippen LogP contribution in [0.1, 0.15) is 6.42 Å². The second kappa shape index (κ2) is 9.69. The molecule has 0 radical (unpaired) electrons. The van der Waals surface area contributed by atoms with Gasteiger partial charge in [0, 0.05) is 35.9 Å². The van der Waals surface area contributed by atoms with Crippen LogP contribution in [0.25, 0.3) is 27.7 Å². The van der Waals surface area contributed by atoms with Gasteiger partial charge in [-0.25, -0.2) is 18.1 Å². The lowest BCUT2D eigenvalue weighted by molar-refractivity contribution is 0.580. The molecule has 0 aliphatic rings. The van der Waals surface area contributed by atoms with Crippen molar-refractivity contribution in [2.24, 2.45) is 0 Å². The minimum Gasteiger partial charge on any atom is -0.370 e. The third-order valence-corrected chi connectivity index (χ3v) is 7.57. The molecular formula is C25H23BClN5O2S. The van der Waals surface area contributed by atoms with Crippen LogP contribution >= 0.6 is 11.6 Å². The monoisotopic (exact) mass is 503 g/mol. The summed E-state index contributed by atoms with van der Waals surface area (Å²) in [5.74, 6) is 0.760. The Labute approximate surface area is 209 Å². The average Bonchev–Trinajstić information content (AvgIpc) is 3.24. The lowest BCUT2D eigenvalue weighted by Gasteiger charge is -2.12. The summed E-state index contributed by atoms with van der Waals surface area (Å²) in [6.07, 6.45) is 2.35. The van der Waals surface area contributed by atoms with Crippen LogP contribution in [0.3, 0.4) is 0 Å². The number of anilines is 1. The summed E-state index contributed by atoms with van der Waals surface area (Å²) < 4.78 is 29.9. The molecule has 176 valence electrons. The Bertz CT molecular complexity index is 1640. The molecule has 0 bridgehead atoms. The van der Waals surface area contributed by atoms with E-state index in [1.54, 1.807) is 22.8 Å². The minimum absolute atomic E-state index is 0.261. The van der Waals surface area contributed by atoms with Gasteiger partial charge >= 0.3 is 0 Å². The molecule has 5 rings (SSSR count). The molecule has 0 fully saturated rings. The summed E-state index contributed by atoms with van der Waals surface area (Å²) >= 11 is 6.40. The van der Waals surface area contributed by atoms with Crippen LogP contribution in [0.4, 0.5) is 5.82 Å². The maximum Gasteiger partial charge on any atom is 0.240 e. The van der Waals surface area contributed by atoms with Crippen molar-refractivity contribution < 1.29 is 8.42 Å². The highest BCUT2D eigenvalue weighted by Crippen LogP contribution is 2.28. The van der Waals surface area contributed by atoms with E-state index in [2.05, 4.69) is 15.1 Å². The highest BCUT2D eigenvalue weighted by Gasteiger charge is 2.15. The van der Waals surface area contributed by atoms with Gasteiger partial charge in [-0.3, -0.25) is 0 Å². The number of fused-ring (bicyclic) bond motifs is 2. The number of rotatable bonds is 8. The molecule has 5 aromatic rings. The van der Waals surface area contributed by atoms with E-state index in [9.17, 15) is 8.42 Å². The van der Waals surface area contributed by atoms with E-state index in [1.165, 1.54) is 0 Å². The van der Waals surface area contributed by atoms with Gasteiger partial charge in [-0.05, 0) is 40.9 Å². The molecule has 2 N–H and O–H groups in total. The summed E-state index contributed by atoms with van der Waals surface area (Å²) in [4.78, 5) is 5.00. The molecular weight excluding hydrogens is 481 g/mol. The molecule has 2 aromatic heterocycles. The van der Waals surface area contributed by atoms with Crippen LogP contribution < -0.4 is 15.5 Å². The Morgan fingerprint density at radius 2 is 1.71 bits per heavy atom. The zero-order chi connectivity index (χ0) is 24.4. The van der Waals surface area contributed by atoms with Gasteiger partial charge in [0.15, 0.2) is 5.65 Å². The number of hydrogen-bond donors (Lipinski definition) is 2. The van der Waals surface area contributed by atoms with Crippen LogP contribution in [-0.2, 0) is 10.0 Å². The predicted octanol–water partition coefficient (Wildman–Crippen LogP) is 3.24. The van der Waals surface area contributed by atoms with Gasteiger partial charge in [0.1, 0.15) is 13.7 Å². The Morgan fingerprint density at radius 1 is 0.943 bits per heavy atom. The van der Waals surface area contributed by atoms with Crippen molar-refractivity contribution in [3.63, 3.8) is 0 Å². The molecule has 0 atom stereocenters. The van der Waals surface area contributed by atoms with E-state index in [1.807, 2.05) is 68.5 Å². The second-order valence-corrected chi connectivity index (χ2v) is 10.4. The van der Waals surface area contributed by atoms with Gasteiger partial charge in [-0.1, -0.05) is 60.1 Å². The summed E-state index contributed by atoms with van der Waals surface area (Å²) in [6.45, 7) is 0.839. The zero-order valence-electron chi connectivity index (χ0n) is 19.1. The number of nitrogens with zero attached hydrogens (tertiary/aromatic N) is 3. The Balaban J connectivity index is 1.27. The van der Waals surface area contributed by atoms with Crippen molar-refractivity contribution >= 4 is 57.2 Å². The van der Waals surface area contributed by atoms with Crippen LogP contribution in [-0.4, -0.2) is 44.0 Å². The van der Waals surface area contributed by atoms with Gasteiger partial charge in [-0.15, -0.1) is 0 Å². The first-order valence-electron chi connectivity index (χ1n) is 11.2. The van der Waals surface area contributed by atoms with Crippen LogP contribution in [0.5, 0.6) is 0 Å². The fourth-order valence-corrected chi connectivity index (χ4v) is 5.28. The number of sulfonamides is 1. The van der Waals surface area contributed by atoms with Crippen molar-refractivity contribution in [2.75, 3.05) is 18.4 Å². The normalized spacial score (nSPS) is 11.8. The van der Waals surface area contributed by atoms with Crippen molar-refractivity contribution in [1.29, 1.82) is 0 Å². The maximum absolute atomic E-state index is 12.8. The van der Waals surface area contributed by atoms with E-state index in [0.29, 0.717) is 24.5 Å². The standard InChI is InChI=1S/C25H23BClN5O2S/c26-21-16-29-32-24(15-23(31-25(21)32)20-8-3-4-9-22(20)27)28-12-5-13-30-35(33,34)19-11-10-17-6-1-2-7-18(17)14-19/h1-4,6-11,14-16,28,30H,5,12-13,26H2. The largest absolute Gasteiger partial charge is 0.370 e. The third kappa shape index (κ3) is 4.88. The summed E-state index contributed by atoms with van der Waals surface area (Å²) in [7, 11) is -1.64. The Hall–Kier alpha value is -3.40. The highest BCUT2D eigenvalue weighted by atomic mass is 35.5. The number of hydrogen-bond acceptors (Lipinski definition) is 5. The predicted molar refractivity (Wildman–Crippen MR) is 144 cm³/mol. The van der Waals surface area contributed by atoms with Crippen molar-refractivity contribution in [1.82, 2.24) is 19.3 Å². The Kier molecular flexibility index (Phi) is 6.47. The van der Waals surface area contributed by atoms with Crippen molar-refractivity contribution in [3.8, 4) is 11.3 Å². The van der Waals surface area contributed by atoms with E-state index >= 15 is 0 Å². The molecule has 2 heterocycles. The molecule has 7 nitrogen and oxygen atoms in total. The van der Waals surface area contributed by atoms with Crippen LogP contribution in [0, 0.1) is 0 Å². The van der Waals surface area contributed by atoms with Crippen LogP contribution in [0.2, 0.25) is 5.02 Å². The van der Waals surface area contributed by atoms with Gasteiger partial charge in [-0.2, -0.15) is 9.61 Å². The first-order chi connectivity index (χ1) is 16.9. The summed E-state index contributed by atoms with van der Waals surface area (Å²) in [5, 5.41) is 10.3. The molecule has 3 aromatic carbocycles. The molecule has 0 saturated heterocycles. The number of benzene rings is 3. The highest BCUT2D eigenvalue weighted by molar-refractivity contribution is 7.89. The third-order valence-electron chi connectivity index (χ3n) is 5.78. The lowest BCUT2D eigenvalue weighted by atomic mass is 10.0. The van der Waals surface area contributed by atoms with E-state index in [-0.39, 0.29) is 4.90 Å². The first-order valence-corrected chi connectivity index (χ1v) is 13.1. The summed E-state index contributed by atoms with van der Waals surface area (Å²) in [5.41, 5.74) is 3.27. The molecule has 10 heteroatoms. The van der Waals surface area contributed by atoms with Gasteiger partial charge in [0.05, 0.1) is 10.6 Å². The Morgan fingerprint density at radius 3 is 2.54 bits per heavy atom. The smallest absolute Gasteiger partial charge is 0.240 e. The molecule has 35 heavy (non-hydrogen) atoms. The quantitative estimate of drug-likeness (QED) is 0.251. The maximum atomic E-state index is 12.8. The topological polar surface area (TPSA) is 88.4 Å². The molecule has 0 saturated carbocycles. The molecule has 0 aliphatic carbocycles. The van der Waals surface area contributed by atoms with E-state index < -0.39 is 10.0 Å². The van der Waals surface area contributed by atoms with Gasteiger partial charge < -0.3 is 5.32 Å². The number of nitrogens with one attached hydrogen (secondary N) is 2. The average molecular weight is 504 g/mol. The van der Waals surface area contributed by atoms with Crippen LogP contribution in [0.15, 0.2) is 83.9 Å². The fraction of sp³-hybridized carbons (Fsp3) is 0.120.